The Labute approximate surface area is 130 Å². The van der Waals surface area contributed by atoms with Crippen molar-refractivity contribution in [3.8, 4) is 0 Å². The summed E-state index contributed by atoms with van der Waals surface area (Å²) < 4.78 is 0. The first kappa shape index (κ1) is 16.2. The molecule has 1 aromatic heterocycles. The smallest absolute Gasteiger partial charge is 0.347 e. The van der Waals surface area contributed by atoms with E-state index in [1.165, 1.54) is 24.2 Å². The van der Waals surface area contributed by atoms with E-state index >= 15 is 0 Å². The maximum Gasteiger partial charge on any atom is 0.347 e. The van der Waals surface area contributed by atoms with Crippen LogP contribution < -0.4 is 4.90 Å². The number of aromatic nitrogens is 1. The highest BCUT2D eigenvalue weighted by molar-refractivity contribution is 7.17. The molecule has 0 bridgehead atoms. The first-order chi connectivity index (χ1) is 10.0. The van der Waals surface area contributed by atoms with Crippen LogP contribution in [0.1, 0.15) is 41.6 Å². The fourth-order valence-corrected chi connectivity index (χ4v) is 3.71. The van der Waals surface area contributed by atoms with Gasteiger partial charge in [-0.15, -0.1) is 0 Å². The standard InChI is InChI=1S/C15H25N3O2S/c1-4-5-12-13(14(19)20)21-15(16-12)18(3)10-11-6-8-17(2)9-7-11/h11H,4-10H2,1-3H3,(H,19,20). The van der Waals surface area contributed by atoms with Crippen LogP contribution in [0.2, 0.25) is 0 Å². The van der Waals surface area contributed by atoms with Gasteiger partial charge in [0.2, 0.25) is 0 Å². The Kier molecular flexibility index (Phi) is 5.58. The average Bonchev–Trinajstić information content (AvgIpc) is 2.86. The van der Waals surface area contributed by atoms with Crippen molar-refractivity contribution in [1.29, 1.82) is 0 Å². The lowest BCUT2D eigenvalue weighted by atomic mass is 9.97. The number of carboxylic acid groups (broad SMARTS) is 1. The Balaban J connectivity index is 2.03. The number of nitrogens with zero attached hydrogens (tertiary/aromatic N) is 3. The Morgan fingerprint density at radius 2 is 2.14 bits per heavy atom. The predicted molar refractivity (Wildman–Crippen MR) is 86.6 cm³/mol. The quantitative estimate of drug-likeness (QED) is 0.875. The molecule has 0 spiro atoms. The molecule has 6 heteroatoms. The monoisotopic (exact) mass is 311 g/mol. The van der Waals surface area contributed by atoms with Gasteiger partial charge in [-0.25, -0.2) is 9.78 Å². The molecule has 1 saturated heterocycles. The summed E-state index contributed by atoms with van der Waals surface area (Å²) >= 11 is 1.31. The molecule has 118 valence electrons. The van der Waals surface area contributed by atoms with Crippen LogP contribution in [0.15, 0.2) is 0 Å². The Hall–Kier alpha value is -1.14. The summed E-state index contributed by atoms with van der Waals surface area (Å²) in [6.07, 6.45) is 4.07. The van der Waals surface area contributed by atoms with Crippen LogP contribution in [-0.4, -0.2) is 54.7 Å². The summed E-state index contributed by atoms with van der Waals surface area (Å²) in [4.78, 5) is 20.8. The van der Waals surface area contributed by atoms with Crippen molar-refractivity contribution in [2.75, 3.05) is 38.6 Å². The van der Waals surface area contributed by atoms with E-state index in [1.54, 1.807) is 0 Å². The first-order valence-electron chi connectivity index (χ1n) is 7.64. The molecule has 2 heterocycles. The molecule has 1 aliphatic heterocycles. The third-order valence-corrected chi connectivity index (χ3v) is 5.26. The molecule has 0 saturated carbocycles. The second kappa shape index (κ2) is 7.22. The fraction of sp³-hybridized carbons (Fsp3) is 0.733. The van der Waals surface area contributed by atoms with Crippen LogP contribution in [0, 0.1) is 5.92 Å². The van der Waals surface area contributed by atoms with Crippen molar-refractivity contribution in [2.45, 2.75) is 32.6 Å². The minimum atomic E-state index is -0.852. The number of thiazole rings is 1. The molecule has 0 aromatic carbocycles. The summed E-state index contributed by atoms with van der Waals surface area (Å²) in [6, 6.07) is 0. The minimum absolute atomic E-state index is 0.405. The van der Waals surface area contributed by atoms with Crippen molar-refractivity contribution in [2.24, 2.45) is 5.92 Å². The van der Waals surface area contributed by atoms with Crippen LogP contribution in [0.5, 0.6) is 0 Å². The molecule has 0 aliphatic carbocycles. The highest BCUT2D eigenvalue weighted by atomic mass is 32.1. The first-order valence-corrected chi connectivity index (χ1v) is 8.45. The maximum atomic E-state index is 11.3. The van der Waals surface area contributed by atoms with E-state index in [2.05, 4.69) is 21.8 Å². The maximum absolute atomic E-state index is 11.3. The van der Waals surface area contributed by atoms with E-state index in [9.17, 15) is 9.90 Å². The lowest BCUT2D eigenvalue weighted by Crippen LogP contribution is -2.35. The van der Waals surface area contributed by atoms with Crippen molar-refractivity contribution in [1.82, 2.24) is 9.88 Å². The summed E-state index contributed by atoms with van der Waals surface area (Å²) in [5.74, 6) is -0.173. The summed E-state index contributed by atoms with van der Waals surface area (Å²) in [6.45, 7) is 5.31. The van der Waals surface area contributed by atoms with E-state index in [1.807, 2.05) is 14.0 Å². The predicted octanol–water partition coefficient (Wildman–Crippen LogP) is 2.57. The number of aryl methyl sites for hydroxylation is 1. The molecule has 0 unspecified atom stereocenters. The summed E-state index contributed by atoms with van der Waals surface area (Å²) in [7, 11) is 4.19. The highest BCUT2D eigenvalue weighted by Gasteiger charge is 2.22. The van der Waals surface area contributed by atoms with E-state index in [0.717, 1.165) is 43.3 Å². The molecule has 1 aromatic rings. The third kappa shape index (κ3) is 4.17. The molecule has 2 rings (SSSR count). The van der Waals surface area contributed by atoms with Crippen molar-refractivity contribution in [3.63, 3.8) is 0 Å². The van der Waals surface area contributed by atoms with Crippen molar-refractivity contribution >= 4 is 22.4 Å². The third-order valence-electron chi connectivity index (χ3n) is 4.06. The molecular formula is C15H25N3O2S. The number of rotatable bonds is 6. The molecule has 21 heavy (non-hydrogen) atoms. The van der Waals surface area contributed by atoms with Gasteiger partial charge in [-0.1, -0.05) is 24.7 Å². The molecule has 0 radical (unpaired) electrons. The summed E-state index contributed by atoms with van der Waals surface area (Å²) in [5.41, 5.74) is 0.736. The molecule has 1 aliphatic rings. The van der Waals surface area contributed by atoms with Gasteiger partial charge in [0.1, 0.15) is 4.88 Å². The number of hydrogen-bond donors (Lipinski definition) is 1. The number of piperidine rings is 1. The second-order valence-electron chi connectivity index (χ2n) is 5.95. The van der Waals surface area contributed by atoms with Gasteiger partial charge in [0.15, 0.2) is 5.13 Å². The van der Waals surface area contributed by atoms with Gasteiger partial charge in [0, 0.05) is 13.6 Å². The number of likely N-dealkylation sites (tertiary alicyclic amines) is 1. The van der Waals surface area contributed by atoms with E-state index < -0.39 is 5.97 Å². The molecule has 1 N–H and O–H groups in total. The topological polar surface area (TPSA) is 56.7 Å². The normalized spacial score (nSPS) is 17.1. The second-order valence-corrected chi connectivity index (χ2v) is 6.93. The number of hydrogen-bond acceptors (Lipinski definition) is 5. The molecule has 0 atom stereocenters. The average molecular weight is 311 g/mol. The Morgan fingerprint density at radius 1 is 1.48 bits per heavy atom. The Morgan fingerprint density at radius 3 is 2.71 bits per heavy atom. The molecule has 0 amide bonds. The zero-order chi connectivity index (χ0) is 15.4. The van der Waals surface area contributed by atoms with Crippen LogP contribution in [-0.2, 0) is 6.42 Å². The van der Waals surface area contributed by atoms with Crippen molar-refractivity contribution in [3.05, 3.63) is 10.6 Å². The largest absolute Gasteiger partial charge is 0.477 e. The molecule has 5 nitrogen and oxygen atoms in total. The van der Waals surface area contributed by atoms with Gasteiger partial charge >= 0.3 is 5.97 Å². The number of carboxylic acids is 1. The zero-order valence-corrected chi connectivity index (χ0v) is 13.9. The lowest BCUT2D eigenvalue weighted by molar-refractivity contribution is 0.0700. The fourth-order valence-electron chi connectivity index (χ4n) is 2.79. The van der Waals surface area contributed by atoms with E-state index in [-0.39, 0.29) is 0 Å². The van der Waals surface area contributed by atoms with Crippen LogP contribution in [0.4, 0.5) is 5.13 Å². The van der Waals surface area contributed by atoms with Gasteiger partial charge < -0.3 is 14.9 Å². The summed E-state index contributed by atoms with van der Waals surface area (Å²) in [5, 5.41) is 10.1. The Bertz CT molecular complexity index is 481. The molecular weight excluding hydrogens is 286 g/mol. The SMILES string of the molecule is CCCc1nc(N(C)CC2CCN(C)CC2)sc1C(=O)O. The van der Waals surface area contributed by atoms with Crippen LogP contribution in [0.3, 0.4) is 0 Å². The zero-order valence-electron chi connectivity index (χ0n) is 13.1. The minimum Gasteiger partial charge on any atom is -0.477 e. The van der Waals surface area contributed by atoms with Crippen LogP contribution in [0.25, 0.3) is 0 Å². The van der Waals surface area contributed by atoms with Gasteiger partial charge in [-0.2, -0.15) is 0 Å². The van der Waals surface area contributed by atoms with Gasteiger partial charge in [0.25, 0.3) is 0 Å². The molecule has 1 fully saturated rings. The lowest BCUT2D eigenvalue weighted by Gasteiger charge is -2.31. The van der Waals surface area contributed by atoms with E-state index in [0.29, 0.717) is 10.8 Å². The number of anilines is 1. The van der Waals surface area contributed by atoms with Gasteiger partial charge in [-0.3, -0.25) is 0 Å². The number of carbonyl (C=O) groups is 1. The van der Waals surface area contributed by atoms with Gasteiger partial charge in [-0.05, 0) is 45.3 Å². The number of aromatic carboxylic acids is 1. The van der Waals surface area contributed by atoms with Gasteiger partial charge in [0.05, 0.1) is 5.69 Å². The van der Waals surface area contributed by atoms with Crippen LogP contribution >= 0.6 is 11.3 Å². The van der Waals surface area contributed by atoms with E-state index in [4.69, 9.17) is 0 Å². The highest BCUT2D eigenvalue weighted by Crippen LogP contribution is 2.28. The van der Waals surface area contributed by atoms with Crippen molar-refractivity contribution < 1.29 is 9.90 Å².